The van der Waals surface area contributed by atoms with Crippen molar-refractivity contribution in [2.75, 3.05) is 20.1 Å². The molecule has 0 N–H and O–H groups in total. The first-order chi connectivity index (χ1) is 6.09. The average Bonchev–Trinajstić information content (AvgIpc) is 2.32. The van der Waals surface area contributed by atoms with Crippen LogP contribution in [0.1, 0.15) is 13.8 Å². The van der Waals surface area contributed by atoms with Crippen LogP contribution in [0.25, 0.3) is 0 Å². The Hall–Kier alpha value is -0.630. The van der Waals surface area contributed by atoms with E-state index in [0.29, 0.717) is 17.6 Å². The molecule has 2 rings (SSSR count). The van der Waals surface area contributed by atoms with Crippen molar-refractivity contribution in [3.63, 3.8) is 0 Å². The number of nitrogens with zero attached hydrogens (tertiary/aromatic N) is 1. The average molecular weight is 179 g/mol. The van der Waals surface area contributed by atoms with Gasteiger partial charge in [-0.05, 0) is 19.0 Å². The smallest absolute Gasteiger partial charge is 0.159 e. The normalized spacial score (nSPS) is 40.4. The number of fused-ring (bicyclic) bond motifs is 1. The van der Waals surface area contributed by atoms with E-state index in [2.05, 4.69) is 25.8 Å². The van der Waals surface area contributed by atoms with Crippen LogP contribution in [0.4, 0.5) is 0 Å². The van der Waals surface area contributed by atoms with Gasteiger partial charge in [-0.1, -0.05) is 19.4 Å². The number of hydrogen-bond donors (Lipinski definition) is 0. The molecule has 0 saturated carbocycles. The maximum atomic E-state index is 11.5. The second kappa shape index (κ2) is 2.95. The van der Waals surface area contributed by atoms with Gasteiger partial charge in [0.05, 0.1) is 0 Å². The number of likely N-dealkylation sites (tertiary alicyclic amines) is 1. The SMILES string of the molecule is C[C@@H]1CN(C)C[C@H]2C1=CC(=O)[C@@H]2C. The number of carbonyl (C=O) groups excluding carboxylic acids is 1. The van der Waals surface area contributed by atoms with Crippen molar-refractivity contribution in [1.29, 1.82) is 0 Å². The zero-order chi connectivity index (χ0) is 9.59. The van der Waals surface area contributed by atoms with E-state index in [1.807, 2.05) is 6.08 Å². The number of hydrogen-bond acceptors (Lipinski definition) is 2. The Kier molecular flexibility index (Phi) is 2.03. The third-order valence-corrected chi connectivity index (χ3v) is 3.45. The highest BCUT2D eigenvalue weighted by molar-refractivity contribution is 5.95. The van der Waals surface area contributed by atoms with E-state index in [4.69, 9.17) is 0 Å². The Morgan fingerprint density at radius 2 is 2.08 bits per heavy atom. The van der Waals surface area contributed by atoms with E-state index in [-0.39, 0.29) is 5.92 Å². The lowest BCUT2D eigenvalue weighted by Gasteiger charge is -2.35. The van der Waals surface area contributed by atoms with Crippen LogP contribution in [0.5, 0.6) is 0 Å². The van der Waals surface area contributed by atoms with Crippen LogP contribution < -0.4 is 0 Å². The predicted molar refractivity (Wildman–Crippen MR) is 52.4 cm³/mol. The summed E-state index contributed by atoms with van der Waals surface area (Å²) in [7, 11) is 2.14. The fraction of sp³-hybridized carbons (Fsp3) is 0.727. The maximum absolute atomic E-state index is 11.5. The van der Waals surface area contributed by atoms with Crippen molar-refractivity contribution in [3.05, 3.63) is 11.6 Å². The second-order valence-corrected chi connectivity index (χ2v) is 4.56. The molecule has 0 aromatic rings. The van der Waals surface area contributed by atoms with Crippen molar-refractivity contribution >= 4 is 5.78 Å². The van der Waals surface area contributed by atoms with Gasteiger partial charge >= 0.3 is 0 Å². The molecule has 0 aromatic carbocycles. The van der Waals surface area contributed by atoms with Gasteiger partial charge in [-0.2, -0.15) is 0 Å². The first-order valence-electron chi connectivity index (χ1n) is 5.03. The molecule has 0 aromatic heterocycles. The Labute approximate surface area is 79.6 Å². The van der Waals surface area contributed by atoms with E-state index in [1.165, 1.54) is 5.57 Å². The molecule has 0 unspecified atom stereocenters. The van der Waals surface area contributed by atoms with E-state index in [9.17, 15) is 4.79 Å². The van der Waals surface area contributed by atoms with Crippen LogP contribution in [0.15, 0.2) is 11.6 Å². The van der Waals surface area contributed by atoms with Gasteiger partial charge in [0, 0.05) is 24.9 Å². The minimum absolute atomic E-state index is 0.222. The first kappa shape index (κ1) is 8.95. The number of allylic oxidation sites excluding steroid dienone is 1. The molecule has 13 heavy (non-hydrogen) atoms. The molecule has 1 aliphatic carbocycles. The first-order valence-corrected chi connectivity index (χ1v) is 5.03. The van der Waals surface area contributed by atoms with E-state index in [1.54, 1.807) is 0 Å². The van der Waals surface area contributed by atoms with Gasteiger partial charge in [0.1, 0.15) is 0 Å². The Bertz CT molecular complexity index is 269. The van der Waals surface area contributed by atoms with Crippen molar-refractivity contribution in [1.82, 2.24) is 4.90 Å². The van der Waals surface area contributed by atoms with Gasteiger partial charge in [-0.3, -0.25) is 4.79 Å². The monoisotopic (exact) mass is 179 g/mol. The molecule has 0 bridgehead atoms. The zero-order valence-electron chi connectivity index (χ0n) is 8.58. The van der Waals surface area contributed by atoms with Gasteiger partial charge in [-0.15, -0.1) is 0 Å². The number of piperidine rings is 1. The molecule has 0 radical (unpaired) electrons. The molecular weight excluding hydrogens is 162 g/mol. The molecule has 3 atom stereocenters. The predicted octanol–water partition coefficient (Wildman–Crippen LogP) is 1.33. The Balaban J connectivity index is 2.26. The summed E-state index contributed by atoms with van der Waals surface area (Å²) in [6.45, 7) is 6.44. The van der Waals surface area contributed by atoms with Crippen LogP contribution in [0, 0.1) is 17.8 Å². The summed E-state index contributed by atoms with van der Waals surface area (Å²) in [5.74, 6) is 1.63. The lowest BCUT2D eigenvalue weighted by molar-refractivity contribution is -0.117. The van der Waals surface area contributed by atoms with Crippen LogP contribution in [-0.4, -0.2) is 30.8 Å². The standard InChI is InChI=1S/C11H17NO/c1-7-5-12(3)6-10-8(2)11(13)4-9(7)10/h4,7-8,10H,5-6H2,1-3H3/t7-,8-,10-/m1/s1. The van der Waals surface area contributed by atoms with Gasteiger partial charge < -0.3 is 4.90 Å². The zero-order valence-corrected chi connectivity index (χ0v) is 8.58. The third kappa shape index (κ3) is 1.33. The summed E-state index contributed by atoms with van der Waals surface area (Å²) in [6.07, 6.45) is 1.90. The number of carbonyl (C=O) groups is 1. The van der Waals surface area contributed by atoms with Crippen LogP contribution in [-0.2, 0) is 4.79 Å². The molecule has 1 heterocycles. The summed E-state index contributed by atoms with van der Waals surface area (Å²) in [6, 6.07) is 0. The summed E-state index contributed by atoms with van der Waals surface area (Å²) < 4.78 is 0. The van der Waals surface area contributed by atoms with Gasteiger partial charge in [0.15, 0.2) is 5.78 Å². The largest absolute Gasteiger partial charge is 0.305 e. The molecule has 1 aliphatic heterocycles. The minimum atomic E-state index is 0.222. The van der Waals surface area contributed by atoms with Crippen LogP contribution in [0.3, 0.4) is 0 Å². The lowest BCUT2D eigenvalue weighted by Crippen LogP contribution is -2.39. The summed E-state index contributed by atoms with van der Waals surface area (Å²) in [4.78, 5) is 13.8. The fourth-order valence-corrected chi connectivity index (χ4v) is 2.64. The molecule has 2 heteroatoms. The number of rotatable bonds is 0. The van der Waals surface area contributed by atoms with Gasteiger partial charge in [0.25, 0.3) is 0 Å². The quantitative estimate of drug-likeness (QED) is 0.559. The van der Waals surface area contributed by atoms with Crippen molar-refractivity contribution in [2.45, 2.75) is 13.8 Å². The van der Waals surface area contributed by atoms with Crippen molar-refractivity contribution < 1.29 is 4.79 Å². The summed E-state index contributed by atoms with van der Waals surface area (Å²) in [5, 5.41) is 0. The molecule has 1 fully saturated rings. The number of ketones is 1. The molecule has 1 saturated heterocycles. The van der Waals surface area contributed by atoms with Crippen LogP contribution in [0.2, 0.25) is 0 Å². The van der Waals surface area contributed by atoms with Crippen molar-refractivity contribution in [3.8, 4) is 0 Å². The fourth-order valence-electron chi connectivity index (χ4n) is 2.64. The molecular formula is C11H17NO. The van der Waals surface area contributed by atoms with Gasteiger partial charge in [-0.25, -0.2) is 0 Å². The molecule has 2 aliphatic rings. The van der Waals surface area contributed by atoms with E-state index < -0.39 is 0 Å². The lowest BCUT2D eigenvalue weighted by atomic mass is 9.82. The molecule has 0 amide bonds. The minimum Gasteiger partial charge on any atom is -0.305 e. The topological polar surface area (TPSA) is 20.3 Å². The molecule has 2 nitrogen and oxygen atoms in total. The Morgan fingerprint density at radius 3 is 2.77 bits per heavy atom. The highest BCUT2D eigenvalue weighted by Crippen LogP contribution is 2.37. The van der Waals surface area contributed by atoms with E-state index in [0.717, 1.165) is 13.1 Å². The maximum Gasteiger partial charge on any atom is 0.159 e. The molecule has 0 spiro atoms. The summed E-state index contributed by atoms with van der Waals surface area (Å²) >= 11 is 0. The second-order valence-electron chi connectivity index (χ2n) is 4.56. The highest BCUT2D eigenvalue weighted by Gasteiger charge is 2.38. The van der Waals surface area contributed by atoms with Crippen molar-refractivity contribution in [2.24, 2.45) is 17.8 Å². The molecule has 72 valence electrons. The third-order valence-electron chi connectivity index (χ3n) is 3.45. The van der Waals surface area contributed by atoms with Crippen LogP contribution >= 0.6 is 0 Å². The highest BCUT2D eigenvalue weighted by atomic mass is 16.1. The van der Waals surface area contributed by atoms with E-state index >= 15 is 0 Å². The summed E-state index contributed by atoms with van der Waals surface area (Å²) in [5.41, 5.74) is 1.40. The van der Waals surface area contributed by atoms with Gasteiger partial charge in [0.2, 0.25) is 0 Å². The Morgan fingerprint density at radius 1 is 1.38 bits per heavy atom.